The molecular formula is C40H32Zr. The van der Waals surface area contributed by atoms with Crippen molar-refractivity contribution in [2.75, 3.05) is 0 Å². The minimum absolute atomic E-state index is 0. The second-order valence-electron chi connectivity index (χ2n) is 9.61. The number of hydrogen-bond acceptors (Lipinski definition) is 0. The molecule has 8 aromatic carbocycles. The zero-order valence-corrected chi connectivity index (χ0v) is 25.5. The van der Waals surface area contributed by atoms with Gasteiger partial charge in [-0.25, -0.2) is 0 Å². The smallest absolute Gasteiger partial charge is 0.199 e. The SMILES string of the molecule is [CH2-]c1ccccc1.[CH2-]c1ccccc1.[Zr+4].c1ccc2c(c1)[cH-]c1ccccc12.c1ccc2c(c1)[cH-]c1ccccc12. The number of benzene rings is 6. The van der Waals surface area contributed by atoms with Gasteiger partial charge in [-0.3, -0.25) is 0 Å². The Morgan fingerprint density at radius 3 is 0.732 bits per heavy atom. The van der Waals surface area contributed by atoms with Crippen LogP contribution < -0.4 is 0 Å². The molecule has 41 heavy (non-hydrogen) atoms. The molecule has 8 rings (SSSR count). The summed E-state index contributed by atoms with van der Waals surface area (Å²) in [5, 5.41) is 10.8. The van der Waals surface area contributed by atoms with Gasteiger partial charge in [-0.05, 0) is 0 Å². The van der Waals surface area contributed by atoms with Crippen molar-refractivity contribution >= 4 is 43.1 Å². The summed E-state index contributed by atoms with van der Waals surface area (Å²) >= 11 is 0. The molecule has 0 unspecified atom stereocenters. The van der Waals surface area contributed by atoms with Gasteiger partial charge in [-0.1, -0.05) is 84.9 Å². The third-order valence-electron chi connectivity index (χ3n) is 6.73. The predicted octanol–water partition coefficient (Wildman–Crippen LogP) is 11.2. The monoisotopic (exact) mass is 602 g/mol. The van der Waals surface area contributed by atoms with Gasteiger partial charge in [0, 0.05) is 0 Å². The van der Waals surface area contributed by atoms with Crippen molar-refractivity contribution in [1.29, 1.82) is 0 Å². The van der Waals surface area contributed by atoms with Crippen LogP contribution in [0.5, 0.6) is 0 Å². The van der Waals surface area contributed by atoms with Crippen molar-refractivity contribution in [3.63, 3.8) is 0 Å². The molecule has 0 bridgehead atoms. The first-order chi connectivity index (χ1) is 19.7. The maximum atomic E-state index is 3.72. The first kappa shape index (κ1) is 29.7. The van der Waals surface area contributed by atoms with Gasteiger partial charge in [0.15, 0.2) is 0 Å². The molecule has 0 aliphatic heterocycles. The standard InChI is InChI=1S/2C13H9.2C7H7.Zr/c2*1-3-7-12-10(5-1)9-11-6-2-4-8-13(11)12;2*1-7-5-3-2-4-6-7;/h2*1-9H;2*2-6H,1H2;/q4*-1;+4. The van der Waals surface area contributed by atoms with Crippen LogP contribution in [0.1, 0.15) is 11.1 Å². The number of rotatable bonds is 0. The molecule has 0 radical (unpaired) electrons. The minimum atomic E-state index is 0. The molecule has 0 amide bonds. The Balaban J connectivity index is 0.000000131. The Labute approximate surface area is 262 Å². The molecule has 0 atom stereocenters. The molecular weight excluding hydrogens is 572 g/mol. The molecule has 1 heteroatoms. The van der Waals surface area contributed by atoms with Crippen LogP contribution in [0, 0.1) is 13.8 Å². The van der Waals surface area contributed by atoms with E-state index in [2.05, 4.69) is 123 Å². The van der Waals surface area contributed by atoms with Crippen LogP contribution in [0.3, 0.4) is 0 Å². The first-order valence-corrected chi connectivity index (χ1v) is 13.5. The quantitative estimate of drug-likeness (QED) is 0.151. The van der Waals surface area contributed by atoms with E-state index in [4.69, 9.17) is 0 Å². The minimum Gasteiger partial charge on any atom is -0.199 e. The van der Waals surface area contributed by atoms with Crippen molar-refractivity contribution in [2.45, 2.75) is 0 Å². The number of fused-ring (bicyclic) bond motifs is 6. The van der Waals surface area contributed by atoms with E-state index in [0.717, 1.165) is 11.1 Å². The molecule has 0 saturated heterocycles. The molecule has 0 N–H and O–H groups in total. The van der Waals surface area contributed by atoms with Gasteiger partial charge in [-0.15, -0.1) is 104 Å². The largest absolute Gasteiger partial charge is 4.00 e. The van der Waals surface area contributed by atoms with Crippen molar-refractivity contribution in [3.05, 3.63) is 195 Å². The van der Waals surface area contributed by atoms with Gasteiger partial charge in [0.2, 0.25) is 0 Å². The first-order valence-electron chi connectivity index (χ1n) is 13.5. The Bertz CT molecular complexity index is 1660. The van der Waals surface area contributed by atoms with Crippen LogP contribution >= 0.6 is 0 Å². The van der Waals surface area contributed by atoms with E-state index in [-0.39, 0.29) is 26.2 Å². The van der Waals surface area contributed by atoms with E-state index in [9.17, 15) is 0 Å². The van der Waals surface area contributed by atoms with Gasteiger partial charge in [0.25, 0.3) is 0 Å². The molecule has 0 aliphatic carbocycles. The fourth-order valence-electron chi connectivity index (χ4n) is 4.76. The average molecular weight is 604 g/mol. The Morgan fingerprint density at radius 1 is 0.293 bits per heavy atom. The van der Waals surface area contributed by atoms with E-state index in [1.54, 1.807) is 0 Å². The third-order valence-corrected chi connectivity index (χ3v) is 6.73. The second-order valence-corrected chi connectivity index (χ2v) is 9.61. The molecule has 0 saturated carbocycles. The molecule has 0 aliphatic rings. The normalized spacial score (nSPS) is 9.95. The zero-order chi connectivity index (χ0) is 27.6. The van der Waals surface area contributed by atoms with Crippen LogP contribution in [-0.2, 0) is 26.2 Å². The molecule has 0 spiro atoms. The summed E-state index contributed by atoms with van der Waals surface area (Å²) in [7, 11) is 0. The van der Waals surface area contributed by atoms with E-state index in [1.807, 2.05) is 60.7 Å². The summed E-state index contributed by atoms with van der Waals surface area (Å²) in [6.07, 6.45) is 0. The predicted molar refractivity (Wildman–Crippen MR) is 176 cm³/mol. The van der Waals surface area contributed by atoms with E-state index in [0.29, 0.717) is 0 Å². The second kappa shape index (κ2) is 14.9. The van der Waals surface area contributed by atoms with Crippen LogP contribution in [0.4, 0.5) is 0 Å². The van der Waals surface area contributed by atoms with Crippen LogP contribution in [-0.4, -0.2) is 0 Å². The molecule has 0 fully saturated rings. The molecule has 0 heterocycles. The summed E-state index contributed by atoms with van der Waals surface area (Å²) in [5.41, 5.74) is 2.14. The van der Waals surface area contributed by atoms with E-state index >= 15 is 0 Å². The zero-order valence-electron chi connectivity index (χ0n) is 23.1. The fraction of sp³-hybridized carbons (Fsp3) is 0. The van der Waals surface area contributed by atoms with Gasteiger partial charge in [-0.2, -0.15) is 49.2 Å². The summed E-state index contributed by atoms with van der Waals surface area (Å²) in [6, 6.07) is 58.3. The average Bonchev–Trinajstić information content (AvgIpc) is 3.58. The topological polar surface area (TPSA) is 0 Å². The Kier molecular flexibility index (Phi) is 10.8. The van der Waals surface area contributed by atoms with Crippen molar-refractivity contribution < 1.29 is 26.2 Å². The van der Waals surface area contributed by atoms with Crippen molar-refractivity contribution in [2.24, 2.45) is 0 Å². The van der Waals surface area contributed by atoms with Gasteiger partial charge in [0.1, 0.15) is 0 Å². The summed E-state index contributed by atoms with van der Waals surface area (Å²) < 4.78 is 0. The Morgan fingerprint density at radius 2 is 0.512 bits per heavy atom. The van der Waals surface area contributed by atoms with Gasteiger partial charge < -0.3 is 0 Å². The maximum Gasteiger partial charge on any atom is 4.00 e. The van der Waals surface area contributed by atoms with E-state index in [1.165, 1.54) is 43.1 Å². The van der Waals surface area contributed by atoms with Crippen molar-refractivity contribution in [1.82, 2.24) is 0 Å². The van der Waals surface area contributed by atoms with Crippen LogP contribution in [0.15, 0.2) is 170 Å². The Hall–Kier alpha value is -4.32. The van der Waals surface area contributed by atoms with Gasteiger partial charge in [0.05, 0.1) is 0 Å². The third kappa shape index (κ3) is 7.88. The maximum absolute atomic E-state index is 3.72. The summed E-state index contributed by atoms with van der Waals surface area (Å²) in [5.74, 6) is 0. The summed E-state index contributed by atoms with van der Waals surface area (Å²) in [6.45, 7) is 7.44. The molecule has 8 aromatic rings. The molecule has 196 valence electrons. The van der Waals surface area contributed by atoms with E-state index < -0.39 is 0 Å². The van der Waals surface area contributed by atoms with Crippen LogP contribution in [0.2, 0.25) is 0 Å². The summed E-state index contributed by atoms with van der Waals surface area (Å²) in [4.78, 5) is 0. The van der Waals surface area contributed by atoms with Crippen LogP contribution in [0.25, 0.3) is 43.1 Å². The van der Waals surface area contributed by atoms with Crippen molar-refractivity contribution in [3.8, 4) is 0 Å². The molecule has 0 nitrogen and oxygen atoms in total. The number of hydrogen-bond donors (Lipinski definition) is 0. The fourth-order valence-corrected chi connectivity index (χ4v) is 4.76. The van der Waals surface area contributed by atoms with Gasteiger partial charge >= 0.3 is 26.2 Å². The molecule has 0 aromatic heterocycles.